The highest BCUT2D eigenvalue weighted by molar-refractivity contribution is 7.91. The number of aromatic nitrogens is 1. The fraction of sp³-hybridized carbons (Fsp3) is 0.700. The van der Waals surface area contributed by atoms with Gasteiger partial charge in [-0.25, -0.2) is 13.4 Å². The van der Waals surface area contributed by atoms with E-state index in [9.17, 15) is 13.5 Å². The van der Waals surface area contributed by atoms with Gasteiger partial charge in [0.15, 0.2) is 4.21 Å². The van der Waals surface area contributed by atoms with Gasteiger partial charge in [0, 0.05) is 13.1 Å². The summed E-state index contributed by atoms with van der Waals surface area (Å²) in [5.74, 6) is 0.0529. The molecule has 2 heterocycles. The van der Waals surface area contributed by atoms with E-state index in [4.69, 9.17) is 0 Å². The summed E-state index contributed by atoms with van der Waals surface area (Å²) >= 11 is 1.16. The first kappa shape index (κ1) is 12.9. The molecule has 0 radical (unpaired) electrons. The predicted molar refractivity (Wildman–Crippen MR) is 65.4 cm³/mol. The largest absolute Gasteiger partial charge is 0.387 e. The molecule has 0 aliphatic carbocycles. The molecule has 1 N–H and O–H groups in total. The third kappa shape index (κ3) is 2.12. The second kappa shape index (κ2) is 4.01. The molecule has 1 saturated heterocycles. The van der Waals surface area contributed by atoms with E-state index in [0.717, 1.165) is 16.3 Å². The number of thiazole rings is 1. The molecule has 0 saturated carbocycles. The summed E-state index contributed by atoms with van der Waals surface area (Å²) < 4.78 is 25.8. The Morgan fingerprint density at radius 3 is 2.53 bits per heavy atom. The molecule has 1 aromatic rings. The second-order valence-corrected chi connectivity index (χ2v) is 8.13. The van der Waals surface area contributed by atoms with Crippen molar-refractivity contribution in [1.82, 2.24) is 9.29 Å². The number of hydrogen-bond acceptors (Lipinski definition) is 5. The zero-order chi connectivity index (χ0) is 12.8. The normalized spacial score (nSPS) is 20.5. The van der Waals surface area contributed by atoms with Gasteiger partial charge in [0.25, 0.3) is 10.0 Å². The van der Waals surface area contributed by atoms with Crippen LogP contribution in [-0.4, -0.2) is 41.5 Å². The molecule has 0 bridgehead atoms. The predicted octanol–water partition coefficient (Wildman–Crippen LogP) is 0.843. The van der Waals surface area contributed by atoms with Gasteiger partial charge in [0.1, 0.15) is 0 Å². The van der Waals surface area contributed by atoms with Crippen molar-refractivity contribution in [3.05, 3.63) is 11.2 Å². The highest BCUT2D eigenvalue weighted by Crippen LogP contribution is 2.34. The van der Waals surface area contributed by atoms with Crippen LogP contribution in [0.25, 0.3) is 0 Å². The first-order valence-corrected chi connectivity index (χ1v) is 7.66. The summed E-state index contributed by atoms with van der Waals surface area (Å²) in [6.07, 6.45) is 1.38. The molecule has 7 heteroatoms. The minimum atomic E-state index is -3.46. The van der Waals surface area contributed by atoms with Crippen LogP contribution in [0.2, 0.25) is 0 Å². The smallest absolute Gasteiger partial charge is 0.254 e. The van der Waals surface area contributed by atoms with Gasteiger partial charge in [-0.05, 0) is 12.8 Å². The standard InChI is InChI=1S/C10H16N2O3S2/c1-7(2)10(13)5-12(6-10)17(14,15)9-4-11-8(3)16-9/h4,7,13H,5-6H2,1-3H3. The Morgan fingerprint density at radius 2 is 2.12 bits per heavy atom. The van der Waals surface area contributed by atoms with Gasteiger partial charge < -0.3 is 5.11 Å². The van der Waals surface area contributed by atoms with Crippen molar-refractivity contribution in [3.8, 4) is 0 Å². The SMILES string of the molecule is Cc1ncc(S(=O)(=O)N2CC(O)(C(C)C)C2)s1. The lowest BCUT2D eigenvalue weighted by Gasteiger charge is -2.47. The van der Waals surface area contributed by atoms with Crippen LogP contribution in [0.1, 0.15) is 18.9 Å². The van der Waals surface area contributed by atoms with Crippen LogP contribution in [0.3, 0.4) is 0 Å². The molecule has 0 spiro atoms. The number of aliphatic hydroxyl groups is 1. The number of sulfonamides is 1. The van der Waals surface area contributed by atoms with Gasteiger partial charge in [-0.3, -0.25) is 0 Å². The van der Waals surface area contributed by atoms with Crippen molar-refractivity contribution in [3.63, 3.8) is 0 Å². The van der Waals surface area contributed by atoms with Crippen LogP contribution in [0.5, 0.6) is 0 Å². The molecule has 5 nitrogen and oxygen atoms in total. The number of hydrogen-bond donors (Lipinski definition) is 1. The number of β-amino-alcohol motifs (C(OH)–C–C–N with tert-alkyl or cyclic N) is 1. The van der Waals surface area contributed by atoms with Gasteiger partial charge >= 0.3 is 0 Å². The number of rotatable bonds is 3. The maximum Gasteiger partial charge on any atom is 0.254 e. The molecule has 0 amide bonds. The second-order valence-electron chi connectivity index (χ2n) is 4.73. The molecule has 0 atom stereocenters. The Morgan fingerprint density at radius 1 is 1.53 bits per heavy atom. The Hall–Kier alpha value is -0.500. The summed E-state index contributed by atoms with van der Waals surface area (Å²) in [6.45, 7) is 5.89. The van der Waals surface area contributed by atoms with Gasteiger partial charge in [-0.2, -0.15) is 4.31 Å². The van der Waals surface area contributed by atoms with Gasteiger partial charge in [0.05, 0.1) is 16.8 Å². The van der Waals surface area contributed by atoms with Crippen molar-refractivity contribution in [2.45, 2.75) is 30.6 Å². The van der Waals surface area contributed by atoms with E-state index in [2.05, 4.69) is 4.98 Å². The van der Waals surface area contributed by atoms with E-state index in [-0.39, 0.29) is 23.2 Å². The van der Waals surface area contributed by atoms with Gasteiger partial charge in [-0.15, -0.1) is 11.3 Å². The van der Waals surface area contributed by atoms with E-state index in [1.165, 1.54) is 10.5 Å². The third-order valence-electron chi connectivity index (χ3n) is 3.17. The van der Waals surface area contributed by atoms with Crippen molar-refractivity contribution in [2.75, 3.05) is 13.1 Å². The molecule has 0 unspecified atom stereocenters. The average Bonchev–Trinajstić information content (AvgIpc) is 2.60. The maximum atomic E-state index is 12.1. The van der Waals surface area contributed by atoms with Crippen LogP contribution in [-0.2, 0) is 10.0 Å². The molecule has 2 rings (SSSR count). The summed E-state index contributed by atoms with van der Waals surface area (Å²) in [7, 11) is -3.46. The summed E-state index contributed by atoms with van der Waals surface area (Å²) in [6, 6.07) is 0. The fourth-order valence-electron chi connectivity index (χ4n) is 1.69. The van der Waals surface area contributed by atoms with Crippen LogP contribution in [0.15, 0.2) is 10.4 Å². The molecule has 0 aromatic carbocycles. The zero-order valence-corrected chi connectivity index (χ0v) is 11.7. The number of nitrogens with zero attached hydrogens (tertiary/aromatic N) is 2. The molecule has 1 aliphatic rings. The van der Waals surface area contributed by atoms with Gasteiger partial charge in [-0.1, -0.05) is 13.8 Å². The van der Waals surface area contributed by atoms with Crippen molar-refractivity contribution < 1.29 is 13.5 Å². The van der Waals surface area contributed by atoms with E-state index >= 15 is 0 Å². The summed E-state index contributed by atoms with van der Waals surface area (Å²) in [5.41, 5.74) is -0.882. The Bertz CT molecular complexity index is 515. The fourth-order valence-corrected chi connectivity index (χ4v) is 4.52. The lowest BCUT2D eigenvalue weighted by Crippen LogP contribution is -2.65. The van der Waals surface area contributed by atoms with Crippen LogP contribution < -0.4 is 0 Å². The Labute approximate surface area is 105 Å². The minimum absolute atomic E-state index is 0.0529. The average molecular weight is 276 g/mol. The monoisotopic (exact) mass is 276 g/mol. The van der Waals surface area contributed by atoms with Gasteiger partial charge in [0.2, 0.25) is 0 Å². The van der Waals surface area contributed by atoms with E-state index in [0.29, 0.717) is 0 Å². The Balaban J connectivity index is 2.16. The zero-order valence-electron chi connectivity index (χ0n) is 10.0. The Kier molecular flexibility index (Phi) is 3.05. The lowest BCUT2D eigenvalue weighted by molar-refractivity contribution is -0.0931. The quantitative estimate of drug-likeness (QED) is 0.888. The van der Waals surface area contributed by atoms with Crippen LogP contribution in [0, 0.1) is 12.8 Å². The summed E-state index contributed by atoms with van der Waals surface area (Å²) in [5, 5.41) is 10.8. The molecule has 96 valence electrons. The van der Waals surface area contributed by atoms with Crippen LogP contribution >= 0.6 is 11.3 Å². The first-order chi connectivity index (χ1) is 7.75. The van der Waals surface area contributed by atoms with E-state index < -0.39 is 15.6 Å². The highest BCUT2D eigenvalue weighted by Gasteiger charge is 2.49. The molecule has 17 heavy (non-hydrogen) atoms. The van der Waals surface area contributed by atoms with E-state index in [1.54, 1.807) is 6.92 Å². The van der Waals surface area contributed by atoms with Crippen molar-refractivity contribution >= 4 is 21.4 Å². The molecule has 1 aliphatic heterocycles. The highest BCUT2D eigenvalue weighted by atomic mass is 32.2. The maximum absolute atomic E-state index is 12.1. The molecular formula is C10H16N2O3S2. The molecule has 1 fully saturated rings. The molecular weight excluding hydrogens is 260 g/mol. The summed E-state index contributed by atoms with van der Waals surface area (Å²) in [4.78, 5) is 3.95. The van der Waals surface area contributed by atoms with Crippen LogP contribution in [0.4, 0.5) is 0 Å². The number of aryl methyl sites for hydroxylation is 1. The van der Waals surface area contributed by atoms with E-state index in [1.807, 2.05) is 13.8 Å². The van der Waals surface area contributed by atoms with Crippen molar-refractivity contribution in [1.29, 1.82) is 0 Å². The topological polar surface area (TPSA) is 70.5 Å². The third-order valence-corrected chi connectivity index (χ3v) is 6.31. The minimum Gasteiger partial charge on any atom is -0.387 e. The molecule has 1 aromatic heterocycles. The van der Waals surface area contributed by atoms with Crippen molar-refractivity contribution in [2.24, 2.45) is 5.92 Å². The lowest BCUT2D eigenvalue weighted by atomic mass is 9.85. The first-order valence-electron chi connectivity index (χ1n) is 5.41.